The third-order valence-electron chi connectivity index (χ3n) is 4.54. The Balaban J connectivity index is 1.82. The normalized spacial score (nSPS) is 15.4. The zero-order chi connectivity index (χ0) is 20.7. The number of unbranched alkanes of at least 4 members (excludes halogenated alkanes) is 1. The number of anilines is 1. The summed E-state index contributed by atoms with van der Waals surface area (Å²) in [6.45, 7) is 3.12. The van der Waals surface area contributed by atoms with Crippen LogP contribution in [-0.4, -0.2) is 38.1 Å². The molecule has 0 bridgehead atoms. The van der Waals surface area contributed by atoms with Crippen LogP contribution in [0.15, 0.2) is 12.3 Å². The lowest BCUT2D eigenvalue weighted by Crippen LogP contribution is -2.40. The molecule has 6 nitrogen and oxygen atoms in total. The van der Waals surface area contributed by atoms with Crippen molar-refractivity contribution in [2.24, 2.45) is 5.92 Å². The minimum Gasteiger partial charge on any atom is -0.455 e. The quantitative estimate of drug-likeness (QED) is 0.541. The number of carbonyl (C=O) groups excluding carboxylic acids is 2. The molecule has 1 aromatic rings. The number of ether oxygens (including phenoxy) is 1. The number of carbonyl (C=O) groups is 2. The fourth-order valence-electron chi connectivity index (χ4n) is 2.92. The second kappa shape index (κ2) is 9.95. The van der Waals surface area contributed by atoms with E-state index >= 15 is 0 Å². The highest BCUT2D eigenvalue weighted by Crippen LogP contribution is 2.33. The van der Waals surface area contributed by atoms with E-state index < -0.39 is 17.7 Å². The van der Waals surface area contributed by atoms with E-state index in [-0.39, 0.29) is 23.5 Å². The topological polar surface area (TPSA) is 72.8 Å². The maximum Gasteiger partial charge on any atom is 0.419 e. The van der Waals surface area contributed by atoms with Crippen LogP contribution in [0.5, 0.6) is 0 Å². The Morgan fingerprint density at radius 2 is 2.04 bits per heavy atom. The summed E-state index contributed by atoms with van der Waals surface area (Å²) < 4.78 is 43.2. The molecular formula is C18H24ClF3N3O3+. The van der Waals surface area contributed by atoms with Crippen LogP contribution in [0.1, 0.15) is 38.2 Å². The number of hydrogen-bond donors (Lipinski definition) is 1. The summed E-state index contributed by atoms with van der Waals surface area (Å²) in [6.07, 6.45) is -0.860. The number of esters is 1. The molecule has 28 heavy (non-hydrogen) atoms. The van der Waals surface area contributed by atoms with E-state index in [1.807, 2.05) is 6.92 Å². The zero-order valence-electron chi connectivity index (χ0n) is 15.6. The average molecular weight is 423 g/mol. The molecule has 0 unspecified atom stereocenters. The molecule has 1 aromatic heterocycles. The van der Waals surface area contributed by atoms with Crippen molar-refractivity contribution in [2.75, 3.05) is 31.1 Å². The van der Waals surface area contributed by atoms with Crippen LogP contribution in [0.25, 0.3) is 0 Å². The van der Waals surface area contributed by atoms with Crippen molar-refractivity contribution in [1.82, 2.24) is 5.32 Å². The predicted molar refractivity (Wildman–Crippen MR) is 96.8 cm³/mol. The molecule has 2 rings (SSSR count). The van der Waals surface area contributed by atoms with Gasteiger partial charge in [0.1, 0.15) is 11.2 Å². The number of amides is 1. The summed E-state index contributed by atoms with van der Waals surface area (Å²) in [7, 11) is 0. The molecule has 2 N–H and O–H groups in total. The minimum atomic E-state index is -4.47. The maximum atomic E-state index is 12.7. The number of piperidine rings is 1. The monoisotopic (exact) mass is 422 g/mol. The Kier molecular flexibility index (Phi) is 7.91. The van der Waals surface area contributed by atoms with E-state index in [1.54, 1.807) is 4.90 Å². The van der Waals surface area contributed by atoms with Crippen molar-refractivity contribution >= 4 is 29.3 Å². The van der Waals surface area contributed by atoms with Crippen molar-refractivity contribution < 1.29 is 32.5 Å². The highest BCUT2D eigenvalue weighted by molar-refractivity contribution is 6.32. The molecule has 2 heterocycles. The molecule has 1 amide bonds. The average Bonchev–Trinajstić information content (AvgIpc) is 2.65. The first kappa shape index (κ1) is 22.3. The first-order valence-electron chi connectivity index (χ1n) is 9.19. The summed E-state index contributed by atoms with van der Waals surface area (Å²) in [6, 6.07) is 0.880. The van der Waals surface area contributed by atoms with E-state index in [2.05, 4.69) is 10.3 Å². The third-order valence-corrected chi connectivity index (χ3v) is 4.83. The van der Waals surface area contributed by atoms with E-state index in [0.29, 0.717) is 38.3 Å². The number of nitrogens with zero attached hydrogens (tertiary/aromatic N) is 1. The van der Waals surface area contributed by atoms with Crippen LogP contribution in [-0.2, 0) is 20.5 Å². The Morgan fingerprint density at radius 1 is 1.36 bits per heavy atom. The first-order chi connectivity index (χ1) is 13.2. The van der Waals surface area contributed by atoms with Gasteiger partial charge in [-0.25, -0.2) is 4.98 Å². The van der Waals surface area contributed by atoms with Gasteiger partial charge in [0.25, 0.3) is 11.7 Å². The molecule has 10 heteroatoms. The number of rotatable bonds is 7. The van der Waals surface area contributed by atoms with Gasteiger partial charge < -0.3 is 10.1 Å². The first-order valence-corrected chi connectivity index (χ1v) is 9.57. The molecule has 0 saturated carbocycles. The van der Waals surface area contributed by atoms with Gasteiger partial charge in [-0.15, -0.1) is 0 Å². The van der Waals surface area contributed by atoms with Gasteiger partial charge in [0.2, 0.25) is 0 Å². The van der Waals surface area contributed by atoms with E-state index in [4.69, 9.17) is 16.3 Å². The van der Waals surface area contributed by atoms with Gasteiger partial charge in [0.15, 0.2) is 6.61 Å². The number of nitrogens with one attached hydrogen (secondary N) is 2. The summed E-state index contributed by atoms with van der Waals surface area (Å²) >= 11 is 6.00. The summed E-state index contributed by atoms with van der Waals surface area (Å²) in [5.74, 6) is -0.733. The van der Waals surface area contributed by atoms with Crippen molar-refractivity contribution in [3.8, 4) is 0 Å². The number of H-pyrrole nitrogens is 1. The number of pyridine rings is 1. The smallest absolute Gasteiger partial charge is 0.419 e. The van der Waals surface area contributed by atoms with Crippen LogP contribution in [0, 0.1) is 5.92 Å². The van der Waals surface area contributed by atoms with E-state index in [9.17, 15) is 22.8 Å². The Labute approximate surface area is 166 Å². The third kappa shape index (κ3) is 6.25. The molecule has 156 valence electrons. The Hall–Kier alpha value is -2.03. The number of aromatic amines is 1. The maximum absolute atomic E-state index is 12.7. The van der Waals surface area contributed by atoms with Gasteiger partial charge in [-0.3, -0.25) is 14.5 Å². The SMILES string of the molecule is CCCCNC(=O)COC(=O)C1CCN(c2[nH+]cc(C(F)(F)F)cc2Cl)CC1. The van der Waals surface area contributed by atoms with Gasteiger partial charge in [-0.1, -0.05) is 24.9 Å². The lowest BCUT2D eigenvalue weighted by molar-refractivity contribution is -0.367. The summed E-state index contributed by atoms with van der Waals surface area (Å²) in [4.78, 5) is 28.1. The molecule has 0 atom stereocenters. The molecule has 1 fully saturated rings. The van der Waals surface area contributed by atoms with Crippen molar-refractivity contribution in [3.05, 3.63) is 22.8 Å². The second-order valence-electron chi connectivity index (χ2n) is 6.66. The zero-order valence-corrected chi connectivity index (χ0v) is 16.3. The van der Waals surface area contributed by atoms with Crippen molar-refractivity contribution in [2.45, 2.75) is 38.8 Å². The Morgan fingerprint density at radius 3 is 2.61 bits per heavy atom. The van der Waals surface area contributed by atoms with Crippen molar-refractivity contribution in [3.63, 3.8) is 0 Å². The standard InChI is InChI=1S/C18H23ClF3N3O3/c1-2-3-6-23-15(26)11-28-17(27)12-4-7-25(8-5-12)16-14(19)9-13(10-24-16)18(20,21)22/h9-10,12H,2-8,11H2,1H3,(H,23,26)/p+1. The van der Waals surface area contributed by atoms with Crippen LogP contribution >= 0.6 is 11.6 Å². The molecule has 0 radical (unpaired) electrons. The lowest BCUT2D eigenvalue weighted by atomic mass is 9.97. The largest absolute Gasteiger partial charge is 0.455 e. The molecule has 1 aliphatic rings. The number of hydrogen-bond acceptors (Lipinski definition) is 4. The number of aromatic nitrogens is 1. The van der Waals surface area contributed by atoms with E-state index in [1.165, 1.54) is 0 Å². The second-order valence-corrected chi connectivity index (χ2v) is 7.06. The van der Waals surface area contributed by atoms with Gasteiger partial charge in [-0.2, -0.15) is 13.2 Å². The Bertz CT molecular complexity index is 692. The lowest BCUT2D eigenvalue weighted by Gasteiger charge is -2.26. The highest BCUT2D eigenvalue weighted by Gasteiger charge is 2.35. The number of halogens is 4. The fraction of sp³-hybridized carbons (Fsp3) is 0.611. The molecule has 1 aliphatic heterocycles. The molecular weight excluding hydrogens is 399 g/mol. The summed E-state index contributed by atoms with van der Waals surface area (Å²) in [5.41, 5.74) is -0.850. The van der Waals surface area contributed by atoms with Crippen LogP contribution in [0.3, 0.4) is 0 Å². The molecule has 1 saturated heterocycles. The highest BCUT2D eigenvalue weighted by atomic mass is 35.5. The molecule has 0 aromatic carbocycles. The molecule has 0 aliphatic carbocycles. The van der Waals surface area contributed by atoms with Gasteiger partial charge in [0, 0.05) is 6.54 Å². The van der Waals surface area contributed by atoms with Gasteiger partial charge >= 0.3 is 12.1 Å². The predicted octanol–water partition coefficient (Wildman–Crippen LogP) is 2.85. The van der Waals surface area contributed by atoms with E-state index in [0.717, 1.165) is 25.1 Å². The van der Waals surface area contributed by atoms with Crippen LogP contribution < -0.4 is 15.2 Å². The van der Waals surface area contributed by atoms with Gasteiger partial charge in [-0.05, 0) is 25.3 Å². The molecule has 0 spiro atoms. The van der Waals surface area contributed by atoms with Crippen LogP contribution in [0.2, 0.25) is 5.02 Å². The minimum absolute atomic E-state index is 0.0281. The summed E-state index contributed by atoms with van der Waals surface area (Å²) in [5, 5.41) is 2.64. The van der Waals surface area contributed by atoms with Crippen LogP contribution in [0.4, 0.5) is 19.0 Å². The number of alkyl halides is 3. The van der Waals surface area contributed by atoms with Gasteiger partial charge in [0.05, 0.1) is 24.6 Å². The van der Waals surface area contributed by atoms with Crippen molar-refractivity contribution in [1.29, 1.82) is 0 Å². The fourth-order valence-corrected chi connectivity index (χ4v) is 3.21.